The van der Waals surface area contributed by atoms with Crippen molar-refractivity contribution in [1.82, 2.24) is 30.3 Å². The zero-order valence-corrected chi connectivity index (χ0v) is 27.0. The Kier molecular flexibility index (Phi) is 17.2. The number of hydrogen-bond donors (Lipinski definition) is 6. The molecule has 0 amide bonds. The molecule has 42 heavy (non-hydrogen) atoms. The van der Waals surface area contributed by atoms with Gasteiger partial charge >= 0.3 is 37.4 Å². The Morgan fingerprint density at radius 1 is 0.524 bits per heavy atom. The summed E-state index contributed by atoms with van der Waals surface area (Å²) >= 11 is 0. The Balaban J connectivity index is 3.76. The van der Waals surface area contributed by atoms with Crippen molar-refractivity contribution in [2.24, 2.45) is 9.03 Å². The SMILES string of the molecule is CCOC(=O)CNP1(=O)N=P(NCC(=O)OCC)(NCC(=O)OCC)N=P(NCC(=O)OCC)(NCC(=O)OCC)N1. The number of nitrogens with one attached hydrogen (secondary N) is 6. The van der Waals surface area contributed by atoms with Gasteiger partial charge in [-0.05, 0) is 34.6 Å². The summed E-state index contributed by atoms with van der Waals surface area (Å²) < 4.78 is 48.0. The van der Waals surface area contributed by atoms with Gasteiger partial charge < -0.3 is 23.7 Å². The molecule has 0 fully saturated rings. The van der Waals surface area contributed by atoms with Crippen molar-refractivity contribution >= 4 is 52.5 Å². The van der Waals surface area contributed by atoms with E-state index in [1.54, 1.807) is 34.6 Å². The molecule has 0 saturated carbocycles. The van der Waals surface area contributed by atoms with Crippen LogP contribution in [0.4, 0.5) is 0 Å². The minimum Gasteiger partial charge on any atom is -0.465 e. The van der Waals surface area contributed by atoms with Crippen molar-refractivity contribution in [3.63, 3.8) is 0 Å². The molecule has 0 aromatic heterocycles. The first kappa shape index (κ1) is 37.8. The lowest BCUT2D eigenvalue weighted by atomic mass is 10.7. The summed E-state index contributed by atoms with van der Waals surface area (Å²) in [6.45, 7) is 5.85. The van der Waals surface area contributed by atoms with Crippen LogP contribution in [0.25, 0.3) is 0 Å². The maximum absolute atomic E-state index is 14.2. The van der Waals surface area contributed by atoms with Crippen molar-refractivity contribution in [3.8, 4) is 0 Å². The van der Waals surface area contributed by atoms with Crippen LogP contribution in [0.1, 0.15) is 34.6 Å². The molecule has 1 atom stereocenters. The Hall–Kier alpha value is -2.20. The van der Waals surface area contributed by atoms with Gasteiger partial charge in [0.2, 0.25) is 7.51 Å². The van der Waals surface area contributed by atoms with Gasteiger partial charge in [0, 0.05) is 0 Å². The molecule has 0 spiro atoms. The van der Waals surface area contributed by atoms with Crippen LogP contribution >= 0.6 is 22.6 Å². The first-order chi connectivity index (χ1) is 19.9. The second kappa shape index (κ2) is 19.2. The van der Waals surface area contributed by atoms with Gasteiger partial charge in [-0.1, -0.05) is 0 Å². The highest BCUT2D eigenvalue weighted by atomic mass is 31.3. The van der Waals surface area contributed by atoms with E-state index in [1.807, 2.05) is 0 Å². The van der Waals surface area contributed by atoms with Crippen LogP contribution in [-0.2, 0) is 52.2 Å². The maximum atomic E-state index is 14.2. The predicted molar refractivity (Wildman–Crippen MR) is 153 cm³/mol. The van der Waals surface area contributed by atoms with Crippen LogP contribution < -0.4 is 30.3 Å². The molecule has 0 aliphatic carbocycles. The molecular weight excluding hydrogens is 621 g/mol. The Morgan fingerprint density at radius 3 is 1.17 bits per heavy atom. The lowest BCUT2D eigenvalue weighted by Crippen LogP contribution is -2.41. The van der Waals surface area contributed by atoms with Gasteiger partial charge in [-0.2, -0.15) is 13.9 Å². The standard InChI is InChI=1S/C20H41N8O11P3/c1-6-35-16(29)11-21-40(22-12-17(30)36-7-2)26-41(23-13-18(31)37-8-3,24-14-19(32)38-9-4)28-42(34,27-40)25-15-20(33)39-10-5/h21-24H,6-15H2,1-5H3,(H2,25,27,34). The van der Waals surface area contributed by atoms with Crippen LogP contribution in [0, 0.1) is 0 Å². The van der Waals surface area contributed by atoms with Crippen LogP contribution in [0.5, 0.6) is 0 Å². The molecule has 1 unspecified atom stereocenters. The van der Waals surface area contributed by atoms with E-state index < -0.39 is 85.2 Å². The van der Waals surface area contributed by atoms with Crippen molar-refractivity contribution < 1.29 is 52.2 Å². The van der Waals surface area contributed by atoms with Gasteiger partial charge in [0.25, 0.3) is 0 Å². The third-order valence-electron chi connectivity index (χ3n) is 4.56. The minimum absolute atomic E-state index is 0.0585. The average molecular weight is 663 g/mol. The third-order valence-corrected chi connectivity index (χ3v) is 14.0. The Bertz CT molecular complexity index is 1070. The topological polar surface area (TPSA) is 245 Å². The molecule has 0 bridgehead atoms. The molecule has 1 aliphatic heterocycles. The minimum atomic E-state index is -4.26. The van der Waals surface area contributed by atoms with E-state index in [1.165, 1.54) is 0 Å². The summed E-state index contributed by atoms with van der Waals surface area (Å²) in [4.78, 5) is 63.9. The number of esters is 5. The largest absolute Gasteiger partial charge is 0.465 e. The number of carbonyl (C=O) groups excluding carboxylic acids is 5. The number of rotatable bonds is 20. The summed E-state index contributed by atoms with van der Waals surface area (Å²) in [6, 6.07) is 0. The number of carbonyl (C=O) groups is 5. The molecule has 0 aromatic rings. The highest BCUT2D eigenvalue weighted by Crippen LogP contribution is 2.67. The van der Waals surface area contributed by atoms with E-state index in [9.17, 15) is 28.5 Å². The van der Waals surface area contributed by atoms with Crippen LogP contribution in [-0.4, -0.2) is 95.6 Å². The molecule has 242 valence electrons. The molecule has 1 aliphatic rings. The second-order valence-corrected chi connectivity index (χ2v) is 15.2. The smallest absolute Gasteiger partial charge is 0.333 e. The van der Waals surface area contributed by atoms with Crippen molar-refractivity contribution in [2.75, 3.05) is 65.8 Å². The molecule has 1 rings (SSSR count). The number of nitrogens with zero attached hydrogens (tertiary/aromatic N) is 2. The lowest BCUT2D eigenvalue weighted by molar-refractivity contribution is -0.142. The summed E-state index contributed by atoms with van der Waals surface area (Å²) in [5, 5.41) is 13.8. The number of ether oxygens (including phenoxy) is 5. The molecule has 6 N–H and O–H groups in total. The summed E-state index contributed by atoms with van der Waals surface area (Å²) in [5.41, 5.74) is 0. The van der Waals surface area contributed by atoms with E-state index in [4.69, 9.17) is 23.7 Å². The zero-order chi connectivity index (χ0) is 31.7. The van der Waals surface area contributed by atoms with Gasteiger partial charge in [0.05, 0.1) is 33.0 Å². The highest BCUT2D eigenvalue weighted by molar-refractivity contribution is 7.85. The Morgan fingerprint density at radius 2 is 0.833 bits per heavy atom. The summed E-state index contributed by atoms with van der Waals surface area (Å²) in [7, 11) is -11.7. The number of hydrogen-bond acceptors (Lipinski definition) is 16. The van der Waals surface area contributed by atoms with E-state index in [0.29, 0.717) is 0 Å². The second-order valence-electron chi connectivity index (χ2n) is 7.79. The monoisotopic (exact) mass is 662 g/mol. The molecule has 0 aromatic carbocycles. The predicted octanol–water partition coefficient (Wildman–Crippen LogP) is 0.354. The molecule has 0 radical (unpaired) electrons. The van der Waals surface area contributed by atoms with Gasteiger partial charge in [0.15, 0.2) is 7.51 Å². The fourth-order valence-electron chi connectivity index (χ4n) is 3.01. The van der Waals surface area contributed by atoms with E-state index in [-0.39, 0.29) is 33.0 Å². The van der Waals surface area contributed by atoms with Crippen molar-refractivity contribution in [1.29, 1.82) is 0 Å². The first-order valence-corrected chi connectivity index (χ1v) is 18.2. The molecule has 1 heterocycles. The highest BCUT2D eigenvalue weighted by Gasteiger charge is 2.42. The van der Waals surface area contributed by atoms with Crippen molar-refractivity contribution in [3.05, 3.63) is 0 Å². The van der Waals surface area contributed by atoms with Gasteiger partial charge in [0.1, 0.15) is 32.7 Å². The van der Waals surface area contributed by atoms with Gasteiger partial charge in [-0.25, -0.2) is 25.4 Å². The normalized spacial score (nSPS) is 18.5. The lowest BCUT2D eigenvalue weighted by Gasteiger charge is -2.37. The van der Waals surface area contributed by atoms with E-state index >= 15 is 0 Å². The third kappa shape index (κ3) is 13.8. The fraction of sp³-hybridized carbons (Fsp3) is 0.750. The maximum Gasteiger partial charge on any atom is 0.333 e. The van der Waals surface area contributed by atoms with Gasteiger partial charge in [-0.15, -0.1) is 0 Å². The first-order valence-electron chi connectivity index (χ1n) is 13.1. The quantitative estimate of drug-likeness (QED) is 0.0585. The van der Waals surface area contributed by atoms with Crippen LogP contribution in [0.3, 0.4) is 0 Å². The average Bonchev–Trinajstić information content (AvgIpc) is 2.93. The molecule has 0 saturated heterocycles. The van der Waals surface area contributed by atoms with E-state index in [0.717, 1.165) is 0 Å². The molecule has 19 nitrogen and oxygen atoms in total. The Labute approximate surface area is 244 Å². The van der Waals surface area contributed by atoms with Crippen LogP contribution in [0.15, 0.2) is 9.03 Å². The van der Waals surface area contributed by atoms with E-state index in [2.05, 4.69) is 39.3 Å². The molecule has 22 heteroatoms. The summed E-state index contributed by atoms with van der Waals surface area (Å²) in [6.07, 6.45) is 0. The van der Waals surface area contributed by atoms with Crippen molar-refractivity contribution in [2.45, 2.75) is 34.6 Å². The molecular formula is C20H41N8O11P3. The van der Waals surface area contributed by atoms with Gasteiger partial charge in [-0.3, -0.25) is 28.5 Å². The fourth-order valence-corrected chi connectivity index (χ4v) is 13.7. The zero-order valence-electron chi connectivity index (χ0n) is 24.3. The van der Waals surface area contributed by atoms with Crippen LogP contribution in [0.2, 0.25) is 0 Å². The summed E-state index contributed by atoms with van der Waals surface area (Å²) in [5.74, 6) is -3.58.